The van der Waals surface area contributed by atoms with Crippen molar-refractivity contribution in [2.45, 2.75) is 57.0 Å². The molecule has 2 N–H and O–H groups in total. The van der Waals surface area contributed by atoms with Gasteiger partial charge >= 0.3 is 0 Å². The van der Waals surface area contributed by atoms with Crippen LogP contribution in [0, 0.1) is 0 Å². The summed E-state index contributed by atoms with van der Waals surface area (Å²) in [6.07, 6.45) is 1.87. The maximum absolute atomic E-state index is 12.2. The van der Waals surface area contributed by atoms with Crippen molar-refractivity contribution >= 4 is 17.7 Å². The Balaban J connectivity index is 2.35. The average molecular weight is 308 g/mol. The molecule has 1 amide bonds. The van der Waals surface area contributed by atoms with E-state index in [0.29, 0.717) is 0 Å². The van der Waals surface area contributed by atoms with E-state index in [-0.39, 0.29) is 17.5 Å². The number of carbonyl (C=O) groups excluding carboxylic acids is 1. The van der Waals surface area contributed by atoms with Crippen LogP contribution in [-0.4, -0.2) is 29.8 Å². The minimum atomic E-state index is -0.177. The van der Waals surface area contributed by atoms with Crippen LogP contribution in [0.25, 0.3) is 0 Å². The first-order chi connectivity index (χ1) is 9.92. The number of benzene rings is 1. The number of hydrogen-bond acceptors (Lipinski definition) is 3. The Bertz CT molecular complexity index is 415. The molecular formula is C17H28N2OS. The molecule has 4 heteroatoms. The molecule has 0 fully saturated rings. The second-order valence-electron chi connectivity index (χ2n) is 6.20. The van der Waals surface area contributed by atoms with Crippen LogP contribution in [0.2, 0.25) is 0 Å². The molecule has 0 saturated carbocycles. The Kier molecular flexibility index (Phi) is 7.83. The summed E-state index contributed by atoms with van der Waals surface area (Å²) in [6, 6.07) is 10.3. The van der Waals surface area contributed by atoms with E-state index >= 15 is 0 Å². The monoisotopic (exact) mass is 308 g/mol. The highest BCUT2D eigenvalue weighted by Crippen LogP contribution is 2.16. The maximum Gasteiger partial charge on any atom is 0.237 e. The predicted octanol–water partition coefficient (Wildman–Crippen LogP) is 3.45. The van der Waals surface area contributed by atoms with Gasteiger partial charge in [-0.15, -0.1) is 11.8 Å². The molecule has 1 atom stereocenters. The summed E-state index contributed by atoms with van der Waals surface area (Å²) in [5, 5.41) is 6.43. The van der Waals surface area contributed by atoms with E-state index in [1.54, 1.807) is 0 Å². The molecule has 0 aliphatic rings. The van der Waals surface area contributed by atoms with Gasteiger partial charge in [-0.25, -0.2) is 0 Å². The van der Waals surface area contributed by atoms with Crippen molar-refractivity contribution in [1.82, 2.24) is 10.6 Å². The van der Waals surface area contributed by atoms with Crippen LogP contribution in [-0.2, 0) is 4.79 Å². The summed E-state index contributed by atoms with van der Waals surface area (Å²) in [5.74, 6) is 1.07. The van der Waals surface area contributed by atoms with E-state index in [9.17, 15) is 4.79 Å². The molecule has 0 saturated heterocycles. The molecule has 118 valence electrons. The van der Waals surface area contributed by atoms with Gasteiger partial charge in [0.05, 0.1) is 6.04 Å². The Morgan fingerprint density at radius 3 is 2.48 bits per heavy atom. The van der Waals surface area contributed by atoms with Crippen molar-refractivity contribution in [3.63, 3.8) is 0 Å². The fourth-order valence-electron chi connectivity index (χ4n) is 1.99. The van der Waals surface area contributed by atoms with Crippen LogP contribution in [0.5, 0.6) is 0 Å². The number of thioether (sulfide) groups is 1. The van der Waals surface area contributed by atoms with Crippen LogP contribution >= 0.6 is 11.8 Å². The van der Waals surface area contributed by atoms with Gasteiger partial charge in [-0.2, -0.15) is 0 Å². The highest BCUT2D eigenvalue weighted by atomic mass is 32.2. The number of rotatable bonds is 8. The van der Waals surface area contributed by atoms with Crippen LogP contribution in [0.3, 0.4) is 0 Å². The van der Waals surface area contributed by atoms with Crippen LogP contribution in [0.1, 0.15) is 40.5 Å². The van der Waals surface area contributed by atoms with Crippen molar-refractivity contribution in [3.05, 3.63) is 30.3 Å². The Morgan fingerprint density at radius 2 is 1.90 bits per heavy atom. The van der Waals surface area contributed by atoms with Gasteiger partial charge in [-0.1, -0.05) is 31.5 Å². The third kappa shape index (κ3) is 8.12. The summed E-state index contributed by atoms with van der Waals surface area (Å²) in [6.45, 7) is 8.98. The molecule has 0 radical (unpaired) electrons. The van der Waals surface area contributed by atoms with Crippen molar-refractivity contribution in [3.8, 4) is 0 Å². The zero-order chi connectivity index (χ0) is 15.7. The minimum absolute atomic E-state index is 0.0920. The van der Waals surface area contributed by atoms with Gasteiger partial charge in [0, 0.05) is 22.7 Å². The minimum Gasteiger partial charge on any atom is -0.350 e. The summed E-state index contributed by atoms with van der Waals surface area (Å²) in [4.78, 5) is 13.5. The first-order valence-corrected chi connectivity index (χ1v) is 8.64. The van der Waals surface area contributed by atoms with Crippen LogP contribution in [0.4, 0.5) is 0 Å². The molecule has 0 aliphatic carbocycles. The molecule has 3 nitrogen and oxygen atoms in total. The van der Waals surface area contributed by atoms with Crippen molar-refractivity contribution in [1.29, 1.82) is 0 Å². The summed E-state index contributed by atoms with van der Waals surface area (Å²) in [7, 11) is 0. The lowest BCUT2D eigenvalue weighted by Crippen LogP contribution is -2.51. The van der Waals surface area contributed by atoms with Crippen molar-refractivity contribution in [2.75, 3.05) is 12.3 Å². The SMILES string of the molecule is CCCC(NCCSc1ccccc1)C(=O)NC(C)(C)C. The fourth-order valence-corrected chi connectivity index (χ4v) is 2.80. The van der Waals surface area contributed by atoms with Gasteiger partial charge < -0.3 is 10.6 Å². The van der Waals surface area contributed by atoms with Crippen molar-refractivity contribution < 1.29 is 4.79 Å². The molecule has 1 aromatic carbocycles. The van der Waals surface area contributed by atoms with Gasteiger partial charge in [0.1, 0.15) is 0 Å². The van der Waals surface area contributed by atoms with E-state index in [1.807, 2.05) is 50.7 Å². The lowest BCUT2D eigenvalue weighted by atomic mass is 10.1. The highest BCUT2D eigenvalue weighted by molar-refractivity contribution is 7.99. The van der Waals surface area contributed by atoms with Gasteiger partial charge in [0.2, 0.25) is 5.91 Å². The third-order valence-corrected chi connectivity index (χ3v) is 3.91. The number of hydrogen-bond donors (Lipinski definition) is 2. The van der Waals surface area contributed by atoms with Gasteiger partial charge in [-0.3, -0.25) is 4.79 Å². The molecule has 0 bridgehead atoms. The molecule has 0 aliphatic heterocycles. The lowest BCUT2D eigenvalue weighted by molar-refractivity contribution is -0.124. The second kappa shape index (κ2) is 9.11. The van der Waals surface area contributed by atoms with Gasteiger partial charge in [0.25, 0.3) is 0 Å². The predicted molar refractivity (Wildman–Crippen MR) is 91.8 cm³/mol. The Labute approximate surface area is 133 Å². The van der Waals surface area contributed by atoms with Crippen molar-refractivity contribution in [2.24, 2.45) is 0 Å². The Morgan fingerprint density at radius 1 is 1.24 bits per heavy atom. The number of nitrogens with one attached hydrogen (secondary N) is 2. The lowest BCUT2D eigenvalue weighted by Gasteiger charge is -2.25. The smallest absolute Gasteiger partial charge is 0.237 e. The second-order valence-corrected chi connectivity index (χ2v) is 7.36. The van der Waals surface area contributed by atoms with Gasteiger partial charge in [0.15, 0.2) is 0 Å². The molecule has 21 heavy (non-hydrogen) atoms. The maximum atomic E-state index is 12.2. The highest BCUT2D eigenvalue weighted by Gasteiger charge is 2.21. The number of amides is 1. The zero-order valence-electron chi connectivity index (χ0n) is 13.6. The summed E-state index contributed by atoms with van der Waals surface area (Å²) in [5.41, 5.74) is -0.177. The van der Waals surface area contributed by atoms with Gasteiger partial charge in [-0.05, 0) is 39.3 Å². The normalized spacial score (nSPS) is 13.0. The van der Waals surface area contributed by atoms with E-state index in [1.165, 1.54) is 4.90 Å². The molecule has 0 aromatic heterocycles. The van der Waals surface area contributed by atoms with E-state index in [2.05, 4.69) is 29.7 Å². The first kappa shape index (κ1) is 18.1. The van der Waals surface area contributed by atoms with Crippen LogP contribution in [0.15, 0.2) is 35.2 Å². The largest absolute Gasteiger partial charge is 0.350 e. The van der Waals surface area contributed by atoms with E-state index in [0.717, 1.165) is 25.1 Å². The topological polar surface area (TPSA) is 41.1 Å². The fraction of sp³-hybridized carbons (Fsp3) is 0.588. The molecule has 1 unspecified atom stereocenters. The standard InChI is InChI=1S/C17H28N2OS/c1-5-9-15(16(20)19-17(2,3)4)18-12-13-21-14-10-7-6-8-11-14/h6-8,10-11,15,18H,5,9,12-13H2,1-4H3,(H,19,20). The molecular weight excluding hydrogens is 280 g/mol. The summed E-state index contributed by atoms with van der Waals surface area (Å²) < 4.78 is 0. The molecule has 0 spiro atoms. The zero-order valence-corrected chi connectivity index (χ0v) is 14.4. The third-order valence-electron chi connectivity index (χ3n) is 2.90. The molecule has 0 heterocycles. The van der Waals surface area contributed by atoms with E-state index in [4.69, 9.17) is 0 Å². The molecule has 1 rings (SSSR count). The molecule has 1 aromatic rings. The number of carbonyl (C=O) groups is 1. The van der Waals surface area contributed by atoms with Crippen LogP contribution < -0.4 is 10.6 Å². The first-order valence-electron chi connectivity index (χ1n) is 7.65. The van der Waals surface area contributed by atoms with E-state index < -0.39 is 0 Å². The summed E-state index contributed by atoms with van der Waals surface area (Å²) >= 11 is 1.81. The quantitative estimate of drug-likeness (QED) is 0.571. The average Bonchev–Trinajstić information content (AvgIpc) is 2.41. The Hall–Kier alpha value is -1.00.